The van der Waals surface area contributed by atoms with Crippen molar-refractivity contribution < 1.29 is 33.4 Å². The van der Waals surface area contributed by atoms with E-state index in [1.165, 1.54) is 0 Å². The van der Waals surface area contributed by atoms with Gasteiger partial charge in [0.15, 0.2) is 5.78 Å². The normalized spacial score (nSPS) is 17.1. The van der Waals surface area contributed by atoms with E-state index in [2.05, 4.69) is 10.6 Å². The molecule has 0 saturated heterocycles. The summed E-state index contributed by atoms with van der Waals surface area (Å²) in [6, 6.07) is 11.3. The van der Waals surface area contributed by atoms with E-state index in [0.717, 1.165) is 16.5 Å². The van der Waals surface area contributed by atoms with Crippen LogP contribution in [0.4, 0.5) is 4.79 Å². The summed E-state index contributed by atoms with van der Waals surface area (Å²) in [7, 11) is 0. The van der Waals surface area contributed by atoms with E-state index >= 15 is 0 Å². The van der Waals surface area contributed by atoms with Crippen LogP contribution in [-0.4, -0.2) is 58.6 Å². The lowest BCUT2D eigenvalue weighted by Gasteiger charge is -2.35. The summed E-state index contributed by atoms with van der Waals surface area (Å²) in [6.45, 7) is 5.91. The third-order valence-corrected chi connectivity index (χ3v) is 7.09. The number of rotatable bonds is 8. The number of carbonyl (C=O) groups excluding carboxylic acids is 4. The Bertz CT molecular complexity index is 1670. The Kier molecular flexibility index (Phi) is 7.58. The molecule has 12 nitrogen and oxygen atoms in total. The van der Waals surface area contributed by atoms with Gasteiger partial charge < -0.3 is 24.1 Å². The Morgan fingerprint density at radius 2 is 1.86 bits per heavy atom. The fourth-order valence-electron chi connectivity index (χ4n) is 5.16. The lowest BCUT2D eigenvalue weighted by molar-refractivity contribution is -0.189. The van der Waals surface area contributed by atoms with Gasteiger partial charge in [-0.1, -0.05) is 25.1 Å². The molecular weight excluding hydrogens is 544 g/mol. The van der Waals surface area contributed by atoms with Crippen molar-refractivity contribution in [1.82, 2.24) is 20.2 Å². The average molecular weight is 577 g/mol. The molecule has 42 heavy (non-hydrogen) atoms. The van der Waals surface area contributed by atoms with E-state index in [1.54, 1.807) is 38.3 Å². The fraction of sp³-hybridized carbons (Fsp3) is 0.400. The van der Waals surface area contributed by atoms with Gasteiger partial charge >= 0.3 is 18.0 Å². The van der Waals surface area contributed by atoms with Gasteiger partial charge in [-0.25, -0.2) is 14.6 Å². The maximum atomic E-state index is 13.6. The molecule has 0 unspecified atom stereocenters. The molecule has 4 heterocycles. The molecule has 1 aromatic carbocycles. The highest BCUT2D eigenvalue weighted by atomic mass is 16.6. The lowest BCUT2D eigenvalue weighted by Crippen LogP contribution is -2.48. The molecular formula is C30H32N4O8. The number of nitrogens with zero attached hydrogens (tertiary/aromatic N) is 2. The number of ketones is 1. The topological polar surface area (TPSA) is 155 Å². The molecule has 220 valence electrons. The van der Waals surface area contributed by atoms with Gasteiger partial charge in [0.05, 0.1) is 48.6 Å². The molecule has 2 aliphatic heterocycles. The summed E-state index contributed by atoms with van der Waals surface area (Å²) in [5.41, 5.74) is 0.416. The van der Waals surface area contributed by atoms with E-state index in [0.29, 0.717) is 17.9 Å². The number of nitrogens with one attached hydrogen (secondary N) is 2. The third-order valence-electron chi connectivity index (χ3n) is 7.09. The highest BCUT2D eigenvalue weighted by molar-refractivity contribution is 5.89. The number of pyridine rings is 2. The second-order valence-corrected chi connectivity index (χ2v) is 11.2. The molecule has 0 spiro atoms. The number of para-hydroxylation sites is 1. The van der Waals surface area contributed by atoms with E-state index in [9.17, 15) is 24.0 Å². The summed E-state index contributed by atoms with van der Waals surface area (Å²) in [5.74, 6) is -2.00. The Morgan fingerprint density at radius 1 is 1.10 bits per heavy atom. The number of aromatic nitrogens is 2. The molecule has 2 aliphatic rings. The number of carbonyl (C=O) groups is 4. The van der Waals surface area contributed by atoms with Gasteiger partial charge in [-0.2, -0.15) is 0 Å². The summed E-state index contributed by atoms with van der Waals surface area (Å²) in [5, 5.41) is 5.97. The minimum Gasteiger partial charge on any atom is -0.457 e. The standard InChI is InChI=1S/C30H32N4O8/c1-5-30(41-24(36)14-31-12-19(35)13-32-28(39)42-29(2,3)4)21-11-23-25-18(10-17-8-6-7-9-22(17)33-25)15-34(23)26(37)20(21)16-40-27(30)38/h6-11,31H,5,12-16H2,1-4H3,(H,32,39)/t30-/m0/s1. The van der Waals surface area contributed by atoms with E-state index in [4.69, 9.17) is 19.2 Å². The number of ether oxygens (including phenoxy) is 3. The first-order chi connectivity index (χ1) is 19.9. The van der Waals surface area contributed by atoms with Crippen molar-refractivity contribution in [2.24, 2.45) is 0 Å². The van der Waals surface area contributed by atoms with Crippen molar-refractivity contribution in [1.29, 1.82) is 0 Å². The lowest BCUT2D eigenvalue weighted by atomic mass is 9.85. The monoisotopic (exact) mass is 576 g/mol. The molecule has 0 saturated carbocycles. The van der Waals surface area contributed by atoms with Crippen molar-refractivity contribution in [3.8, 4) is 11.4 Å². The van der Waals surface area contributed by atoms with Gasteiger partial charge in [-0.05, 0) is 45.4 Å². The van der Waals surface area contributed by atoms with Gasteiger partial charge in [0.1, 0.15) is 12.2 Å². The maximum Gasteiger partial charge on any atom is 0.408 e. The van der Waals surface area contributed by atoms with Crippen molar-refractivity contribution in [2.75, 3.05) is 19.6 Å². The second kappa shape index (κ2) is 11.0. The van der Waals surface area contributed by atoms with Crippen LogP contribution in [0.25, 0.3) is 22.3 Å². The number of hydrogen-bond donors (Lipinski definition) is 2. The van der Waals surface area contributed by atoms with Crippen molar-refractivity contribution >= 4 is 34.7 Å². The van der Waals surface area contributed by atoms with Crippen LogP contribution in [0.1, 0.15) is 50.8 Å². The SMILES string of the molecule is CC[C@@]1(OC(=O)CNCC(=O)CNC(=O)OC(C)(C)C)C(=O)OCc2c1cc1n(c2=O)Cc2cc3ccccc3nc2-1. The van der Waals surface area contributed by atoms with Crippen LogP contribution >= 0.6 is 0 Å². The van der Waals surface area contributed by atoms with Crippen LogP contribution in [-0.2, 0) is 47.3 Å². The average Bonchev–Trinajstić information content (AvgIpc) is 3.29. The zero-order valence-corrected chi connectivity index (χ0v) is 23.9. The molecule has 0 fully saturated rings. The highest BCUT2D eigenvalue weighted by Crippen LogP contribution is 2.40. The minimum atomic E-state index is -1.84. The number of amides is 1. The molecule has 0 radical (unpaired) electrons. The Hall–Kier alpha value is -4.58. The van der Waals surface area contributed by atoms with Crippen molar-refractivity contribution in [2.45, 2.75) is 58.5 Å². The maximum absolute atomic E-state index is 13.6. The predicted molar refractivity (Wildman–Crippen MR) is 151 cm³/mol. The molecule has 2 aromatic heterocycles. The molecule has 1 atom stereocenters. The van der Waals surface area contributed by atoms with Gasteiger partial charge in [0.2, 0.25) is 5.60 Å². The zero-order valence-electron chi connectivity index (χ0n) is 23.9. The van der Waals surface area contributed by atoms with Gasteiger partial charge in [-0.15, -0.1) is 0 Å². The van der Waals surface area contributed by atoms with E-state index < -0.39 is 41.6 Å². The van der Waals surface area contributed by atoms with Crippen LogP contribution in [0.15, 0.2) is 41.2 Å². The van der Waals surface area contributed by atoms with Gasteiger partial charge in [0, 0.05) is 16.5 Å². The Balaban J connectivity index is 1.33. The predicted octanol–water partition coefficient (Wildman–Crippen LogP) is 2.31. The Morgan fingerprint density at radius 3 is 2.60 bits per heavy atom. The summed E-state index contributed by atoms with van der Waals surface area (Å²) in [6.07, 6.45) is -0.715. The first kappa shape index (κ1) is 28.9. The summed E-state index contributed by atoms with van der Waals surface area (Å²) >= 11 is 0. The highest BCUT2D eigenvalue weighted by Gasteiger charge is 2.50. The van der Waals surface area contributed by atoms with Crippen molar-refractivity contribution in [3.05, 3.63) is 63.4 Å². The number of hydrogen-bond acceptors (Lipinski definition) is 10. The first-order valence-electron chi connectivity index (χ1n) is 13.7. The second-order valence-electron chi connectivity index (χ2n) is 11.2. The van der Waals surface area contributed by atoms with E-state index in [1.807, 2.05) is 30.3 Å². The van der Waals surface area contributed by atoms with Crippen LogP contribution in [0.5, 0.6) is 0 Å². The number of esters is 2. The van der Waals surface area contributed by atoms with Crippen LogP contribution in [0.3, 0.4) is 0 Å². The molecule has 3 aromatic rings. The third kappa shape index (κ3) is 5.49. The number of fused-ring (bicyclic) bond motifs is 5. The fourth-order valence-corrected chi connectivity index (χ4v) is 5.16. The molecule has 5 rings (SSSR count). The number of cyclic esters (lactones) is 1. The quantitative estimate of drug-likeness (QED) is 0.236. The van der Waals surface area contributed by atoms with Crippen LogP contribution in [0, 0.1) is 0 Å². The first-order valence-corrected chi connectivity index (χ1v) is 13.7. The largest absolute Gasteiger partial charge is 0.457 e. The molecule has 1 amide bonds. The number of Topliss-reactive ketones (excluding diaryl/α,β-unsaturated/α-hetero) is 1. The van der Waals surface area contributed by atoms with Crippen LogP contribution in [0.2, 0.25) is 0 Å². The molecule has 2 N–H and O–H groups in total. The minimum absolute atomic E-state index is 0.0181. The van der Waals surface area contributed by atoms with Crippen LogP contribution < -0.4 is 16.2 Å². The molecule has 0 aliphatic carbocycles. The Labute approximate surface area is 241 Å². The molecule has 0 bridgehead atoms. The number of benzene rings is 1. The van der Waals surface area contributed by atoms with Crippen molar-refractivity contribution in [3.63, 3.8) is 0 Å². The summed E-state index contributed by atoms with van der Waals surface area (Å²) < 4.78 is 17.8. The smallest absolute Gasteiger partial charge is 0.408 e. The number of alkyl carbamates (subject to hydrolysis) is 1. The molecule has 12 heteroatoms. The van der Waals surface area contributed by atoms with E-state index in [-0.39, 0.29) is 42.8 Å². The zero-order chi connectivity index (χ0) is 30.2. The van der Waals surface area contributed by atoms with Gasteiger partial charge in [0.25, 0.3) is 5.56 Å². The summed E-state index contributed by atoms with van der Waals surface area (Å²) in [4.78, 5) is 68.3. The van der Waals surface area contributed by atoms with Gasteiger partial charge in [-0.3, -0.25) is 19.7 Å².